The number of hydrogen-bond acceptors (Lipinski definition) is 3. The van der Waals surface area contributed by atoms with Gasteiger partial charge in [0.15, 0.2) is 0 Å². The third-order valence-corrected chi connectivity index (χ3v) is 3.75. The molecule has 0 spiro atoms. The predicted molar refractivity (Wildman–Crippen MR) is 85.6 cm³/mol. The molecule has 0 aliphatic rings. The Morgan fingerprint density at radius 1 is 1.35 bits per heavy atom. The highest BCUT2D eigenvalue weighted by atomic mass is 79.9. The van der Waals surface area contributed by atoms with E-state index >= 15 is 0 Å². The molecule has 0 saturated carbocycles. The molecule has 0 aliphatic heterocycles. The minimum absolute atomic E-state index is 0.227. The highest BCUT2D eigenvalue weighted by Crippen LogP contribution is 2.27. The van der Waals surface area contributed by atoms with Gasteiger partial charge in [0.25, 0.3) is 0 Å². The first-order chi connectivity index (χ1) is 9.48. The zero-order chi connectivity index (χ0) is 15.0. The van der Waals surface area contributed by atoms with E-state index in [1.54, 1.807) is 0 Å². The van der Waals surface area contributed by atoms with Crippen molar-refractivity contribution in [3.63, 3.8) is 0 Å². The Morgan fingerprint density at radius 2 is 2.10 bits per heavy atom. The Kier molecular flexibility index (Phi) is 7.04. The van der Waals surface area contributed by atoms with Crippen molar-refractivity contribution >= 4 is 15.9 Å². The first kappa shape index (κ1) is 17.0. The van der Waals surface area contributed by atoms with Crippen LogP contribution in [-0.4, -0.2) is 13.7 Å². The maximum atomic E-state index is 8.94. The van der Waals surface area contributed by atoms with Crippen molar-refractivity contribution in [1.29, 1.82) is 5.26 Å². The Hall–Kier alpha value is -1.05. The lowest BCUT2D eigenvalue weighted by molar-refractivity contribution is 0.293. The van der Waals surface area contributed by atoms with E-state index in [0.29, 0.717) is 6.61 Å². The van der Waals surface area contributed by atoms with E-state index in [4.69, 9.17) is 10.00 Å². The lowest BCUT2D eigenvalue weighted by Gasteiger charge is -2.14. The molecule has 20 heavy (non-hydrogen) atoms. The Morgan fingerprint density at radius 3 is 2.70 bits per heavy atom. The van der Waals surface area contributed by atoms with Crippen LogP contribution in [0.15, 0.2) is 22.7 Å². The van der Waals surface area contributed by atoms with Gasteiger partial charge in [0.1, 0.15) is 5.75 Å². The van der Waals surface area contributed by atoms with Crippen molar-refractivity contribution in [3.05, 3.63) is 28.2 Å². The first-order valence-corrected chi connectivity index (χ1v) is 7.75. The van der Waals surface area contributed by atoms with Crippen LogP contribution in [0.3, 0.4) is 0 Å². The number of nitriles is 1. The molecule has 1 aromatic rings. The molecule has 1 rings (SSSR count). The maximum Gasteiger partial charge on any atom is 0.133 e. The molecule has 0 atom stereocenters. The SMILES string of the molecule is CNCc1ccc(OCCCCC(C)(C)C#N)c(Br)c1. The molecule has 0 radical (unpaired) electrons. The zero-order valence-electron chi connectivity index (χ0n) is 12.5. The van der Waals surface area contributed by atoms with Gasteiger partial charge in [0.2, 0.25) is 0 Å². The molecule has 0 heterocycles. The van der Waals surface area contributed by atoms with Crippen molar-refractivity contribution < 1.29 is 4.74 Å². The van der Waals surface area contributed by atoms with Crippen LogP contribution in [0.25, 0.3) is 0 Å². The fraction of sp³-hybridized carbons (Fsp3) is 0.562. The standard InChI is InChI=1S/C16H23BrN2O/c1-16(2,12-18)8-4-5-9-20-15-7-6-13(11-19-3)10-14(15)17/h6-7,10,19H,4-5,8-9,11H2,1-3H3. The largest absolute Gasteiger partial charge is 0.492 e. The average molecular weight is 339 g/mol. The number of nitrogens with zero attached hydrogens (tertiary/aromatic N) is 1. The summed E-state index contributed by atoms with van der Waals surface area (Å²) in [7, 11) is 1.93. The molecule has 0 aliphatic carbocycles. The summed E-state index contributed by atoms with van der Waals surface area (Å²) >= 11 is 3.53. The van der Waals surface area contributed by atoms with Gasteiger partial charge in [-0.2, -0.15) is 5.26 Å². The molecule has 1 N–H and O–H groups in total. The van der Waals surface area contributed by atoms with E-state index < -0.39 is 0 Å². The van der Waals surface area contributed by atoms with Crippen molar-refractivity contribution in [2.75, 3.05) is 13.7 Å². The van der Waals surface area contributed by atoms with Crippen LogP contribution in [0.1, 0.15) is 38.7 Å². The predicted octanol–water partition coefficient (Wildman–Crippen LogP) is 4.27. The fourth-order valence-corrected chi connectivity index (χ4v) is 2.42. The average Bonchev–Trinajstić information content (AvgIpc) is 2.41. The van der Waals surface area contributed by atoms with E-state index in [1.807, 2.05) is 27.0 Å². The van der Waals surface area contributed by atoms with Gasteiger partial charge in [-0.25, -0.2) is 0 Å². The minimum Gasteiger partial charge on any atom is -0.492 e. The van der Waals surface area contributed by atoms with Crippen LogP contribution in [0.2, 0.25) is 0 Å². The molecule has 0 bridgehead atoms. The van der Waals surface area contributed by atoms with Gasteiger partial charge in [0, 0.05) is 6.54 Å². The zero-order valence-corrected chi connectivity index (χ0v) is 14.1. The summed E-state index contributed by atoms with van der Waals surface area (Å²) in [5.74, 6) is 0.879. The van der Waals surface area contributed by atoms with Gasteiger partial charge in [-0.05, 0) is 73.8 Å². The molecule has 0 fully saturated rings. The fourth-order valence-electron chi connectivity index (χ4n) is 1.88. The van der Waals surface area contributed by atoms with Gasteiger partial charge in [-0.1, -0.05) is 6.07 Å². The Balaban J connectivity index is 2.34. The summed E-state index contributed by atoms with van der Waals surface area (Å²) in [6.45, 7) is 5.49. The molecule has 1 aromatic carbocycles. The summed E-state index contributed by atoms with van der Waals surface area (Å²) < 4.78 is 6.76. The molecular formula is C16H23BrN2O. The summed E-state index contributed by atoms with van der Waals surface area (Å²) in [6.07, 6.45) is 2.89. The molecule has 0 unspecified atom stereocenters. The van der Waals surface area contributed by atoms with Crippen LogP contribution in [0.4, 0.5) is 0 Å². The molecule has 0 amide bonds. The second-order valence-electron chi connectivity index (χ2n) is 5.60. The van der Waals surface area contributed by atoms with Gasteiger partial charge in [0.05, 0.1) is 22.6 Å². The first-order valence-electron chi connectivity index (χ1n) is 6.95. The highest BCUT2D eigenvalue weighted by molar-refractivity contribution is 9.10. The third kappa shape index (κ3) is 5.94. The van der Waals surface area contributed by atoms with E-state index in [1.165, 1.54) is 5.56 Å². The summed E-state index contributed by atoms with van der Waals surface area (Å²) in [5.41, 5.74) is 0.998. The van der Waals surface area contributed by atoms with Gasteiger partial charge in [-0.3, -0.25) is 0 Å². The molecule has 110 valence electrons. The summed E-state index contributed by atoms with van der Waals surface area (Å²) in [5, 5.41) is 12.1. The second kappa shape index (κ2) is 8.28. The van der Waals surface area contributed by atoms with Crippen LogP contribution in [-0.2, 0) is 6.54 Å². The van der Waals surface area contributed by atoms with E-state index in [0.717, 1.165) is 36.0 Å². The second-order valence-corrected chi connectivity index (χ2v) is 6.45. The third-order valence-electron chi connectivity index (χ3n) is 3.13. The Bertz CT molecular complexity index is 466. The monoisotopic (exact) mass is 338 g/mol. The smallest absolute Gasteiger partial charge is 0.133 e. The number of nitrogens with one attached hydrogen (secondary N) is 1. The van der Waals surface area contributed by atoms with Crippen molar-refractivity contribution in [2.45, 2.75) is 39.7 Å². The van der Waals surface area contributed by atoms with Crippen molar-refractivity contribution in [2.24, 2.45) is 5.41 Å². The molecule has 0 aromatic heterocycles. The minimum atomic E-state index is -0.227. The van der Waals surface area contributed by atoms with Crippen molar-refractivity contribution in [3.8, 4) is 11.8 Å². The maximum absolute atomic E-state index is 8.94. The summed E-state index contributed by atoms with van der Waals surface area (Å²) in [4.78, 5) is 0. The number of halogens is 1. The van der Waals surface area contributed by atoms with Crippen molar-refractivity contribution in [1.82, 2.24) is 5.32 Å². The van der Waals surface area contributed by atoms with Gasteiger partial charge >= 0.3 is 0 Å². The van der Waals surface area contributed by atoms with Gasteiger partial charge in [-0.15, -0.1) is 0 Å². The number of ether oxygens (including phenoxy) is 1. The van der Waals surface area contributed by atoms with E-state index in [2.05, 4.69) is 39.4 Å². The number of rotatable bonds is 8. The van der Waals surface area contributed by atoms with Crippen LogP contribution < -0.4 is 10.1 Å². The number of unbranched alkanes of at least 4 members (excludes halogenated alkanes) is 1. The summed E-state index contributed by atoms with van der Waals surface area (Å²) in [6, 6.07) is 8.46. The normalized spacial score (nSPS) is 11.2. The van der Waals surface area contributed by atoms with Crippen LogP contribution in [0, 0.1) is 16.7 Å². The van der Waals surface area contributed by atoms with E-state index in [-0.39, 0.29) is 5.41 Å². The van der Waals surface area contributed by atoms with Crippen LogP contribution in [0.5, 0.6) is 5.75 Å². The van der Waals surface area contributed by atoms with Crippen LogP contribution >= 0.6 is 15.9 Å². The molecule has 4 heteroatoms. The number of hydrogen-bond donors (Lipinski definition) is 1. The highest BCUT2D eigenvalue weighted by Gasteiger charge is 2.15. The number of benzene rings is 1. The Labute approximate surface area is 130 Å². The topological polar surface area (TPSA) is 45.0 Å². The van der Waals surface area contributed by atoms with E-state index in [9.17, 15) is 0 Å². The molecular weight excluding hydrogens is 316 g/mol. The molecule has 3 nitrogen and oxygen atoms in total. The lowest BCUT2D eigenvalue weighted by atomic mass is 9.89. The molecule has 0 saturated heterocycles. The van der Waals surface area contributed by atoms with Gasteiger partial charge < -0.3 is 10.1 Å². The quantitative estimate of drug-likeness (QED) is 0.720. The lowest BCUT2D eigenvalue weighted by Crippen LogP contribution is -2.08.